The predicted molar refractivity (Wildman–Crippen MR) is 89.3 cm³/mol. The normalized spacial score (nSPS) is 15.8. The van der Waals surface area contributed by atoms with Crippen LogP contribution in [0.5, 0.6) is 0 Å². The second-order valence-corrected chi connectivity index (χ2v) is 6.29. The zero-order chi connectivity index (χ0) is 15.2. The van der Waals surface area contributed by atoms with Gasteiger partial charge in [-0.3, -0.25) is 4.40 Å². The van der Waals surface area contributed by atoms with Crippen LogP contribution in [0.3, 0.4) is 0 Å². The van der Waals surface area contributed by atoms with Gasteiger partial charge in [0, 0.05) is 59.1 Å². The van der Waals surface area contributed by atoms with Gasteiger partial charge >= 0.3 is 0 Å². The van der Waals surface area contributed by atoms with Crippen molar-refractivity contribution < 1.29 is 0 Å². The minimum absolute atomic E-state index is 0.634. The average Bonchev–Trinajstić information content (AvgIpc) is 3.32. The lowest BCUT2D eigenvalue weighted by molar-refractivity contribution is 0.700. The van der Waals surface area contributed by atoms with E-state index in [0.717, 1.165) is 27.9 Å². The van der Waals surface area contributed by atoms with Gasteiger partial charge in [-0.15, -0.1) is 0 Å². The molecule has 23 heavy (non-hydrogen) atoms. The quantitative estimate of drug-likeness (QED) is 0.610. The molecule has 0 atom stereocenters. The van der Waals surface area contributed by atoms with Gasteiger partial charge in [0.15, 0.2) is 0 Å². The van der Waals surface area contributed by atoms with E-state index in [2.05, 4.69) is 33.3 Å². The van der Waals surface area contributed by atoms with Crippen molar-refractivity contribution in [3.05, 3.63) is 48.8 Å². The summed E-state index contributed by atoms with van der Waals surface area (Å²) >= 11 is 0. The Morgan fingerprint density at radius 3 is 2.96 bits per heavy atom. The van der Waals surface area contributed by atoms with Gasteiger partial charge in [-0.05, 0) is 25.0 Å². The van der Waals surface area contributed by atoms with Crippen molar-refractivity contribution in [2.75, 3.05) is 0 Å². The summed E-state index contributed by atoms with van der Waals surface area (Å²) in [6.07, 6.45) is 14.8. The molecule has 5 rings (SSSR count). The van der Waals surface area contributed by atoms with Gasteiger partial charge in [0.05, 0.1) is 0 Å². The molecule has 1 fully saturated rings. The van der Waals surface area contributed by atoms with E-state index in [-0.39, 0.29) is 0 Å². The van der Waals surface area contributed by atoms with E-state index >= 15 is 0 Å². The zero-order valence-electron chi connectivity index (χ0n) is 12.7. The van der Waals surface area contributed by atoms with Crippen LogP contribution >= 0.6 is 0 Å². The molecule has 0 radical (unpaired) electrons. The fourth-order valence-electron chi connectivity index (χ4n) is 3.66. The number of hydrogen-bond donors (Lipinski definition) is 1. The van der Waals surface area contributed by atoms with Crippen LogP contribution in [-0.2, 0) is 0 Å². The zero-order valence-corrected chi connectivity index (χ0v) is 12.7. The number of aromatic amines is 1. The third-order valence-electron chi connectivity index (χ3n) is 4.89. The monoisotopic (exact) mass is 303 g/mol. The largest absolute Gasteiger partial charge is 0.346 e. The summed E-state index contributed by atoms with van der Waals surface area (Å²) in [4.78, 5) is 16.8. The summed E-state index contributed by atoms with van der Waals surface area (Å²) in [6.45, 7) is 0. The Morgan fingerprint density at radius 1 is 1.13 bits per heavy atom. The van der Waals surface area contributed by atoms with Crippen LogP contribution in [0.15, 0.2) is 43.1 Å². The predicted octanol–water partition coefficient (Wildman–Crippen LogP) is 3.93. The van der Waals surface area contributed by atoms with Crippen LogP contribution in [-0.4, -0.2) is 24.3 Å². The fraction of sp³-hybridized carbons (Fsp3) is 0.278. The van der Waals surface area contributed by atoms with Gasteiger partial charge in [-0.1, -0.05) is 12.8 Å². The number of H-pyrrole nitrogens is 1. The molecule has 1 N–H and O–H groups in total. The summed E-state index contributed by atoms with van der Waals surface area (Å²) in [5.41, 5.74) is 4.40. The molecule has 114 valence electrons. The Bertz CT molecular complexity index is 991. The molecule has 0 aliphatic heterocycles. The summed E-state index contributed by atoms with van der Waals surface area (Å²) < 4.78 is 1.94. The molecule has 4 aromatic heterocycles. The van der Waals surface area contributed by atoms with Gasteiger partial charge in [0.25, 0.3) is 0 Å². The highest BCUT2D eigenvalue weighted by molar-refractivity contribution is 5.93. The van der Waals surface area contributed by atoms with Crippen LogP contribution in [0, 0.1) is 0 Å². The van der Waals surface area contributed by atoms with Crippen molar-refractivity contribution in [1.82, 2.24) is 24.3 Å². The topological polar surface area (TPSA) is 58.9 Å². The van der Waals surface area contributed by atoms with Crippen LogP contribution < -0.4 is 0 Å². The molecule has 1 aliphatic carbocycles. The Kier molecular flexibility index (Phi) is 2.74. The molecule has 0 saturated heterocycles. The van der Waals surface area contributed by atoms with E-state index in [0.29, 0.717) is 5.92 Å². The summed E-state index contributed by atoms with van der Waals surface area (Å²) in [6, 6.07) is 4.39. The third-order valence-corrected chi connectivity index (χ3v) is 4.89. The molecule has 0 bridgehead atoms. The van der Waals surface area contributed by atoms with Gasteiger partial charge in [-0.25, -0.2) is 15.0 Å². The third kappa shape index (κ3) is 2.04. The minimum Gasteiger partial charge on any atom is -0.346 e. The molecular formula is C18H17N5. The highest BCUT2D eigenvalue weighted by atomic mass is 15.1. The fourth-order valence-corrected chi connectivity index (χ4v) is 3.66. The molecule has 5 heteroatoms. The van der Waals surface area contributed by atoms with E-state index in [9.17, 15) is 0 Å². The van der Waals surface area contributed by atoms with Crippen LogP contribution in [0.4, 0.5) is 0 Å². The summed E-state index contributed by atoms with van der Waals surface area (Å²) in [5, 5.41) is 1.15. The Morgan fingerprint density at radius 2 is 2.04 bits per heavy atom. The first-order chi connectivity index (χ1) is 11.4. The Labute approximate surface area is 133 Å². The molecule has 1 saturated carbocycles. The Hall–Kier alpha value is -2.69. The van der Waals surface area contributed by atoms with Crippen LogP contribution in [0.1, 0.15) is 37.3 Å². The summed E-state index contributed by atoms with van der Waals surface area (Å²) in [5.74, 6) is 1.35. The van der Waals surface area contributed by atoms with Crippen LogP contribution in [0.25, 0.3) is 27.9 Å². The lowest BCUT2D eigenvalue weighted by atomic mass is 10.0. The van der Waals surface area contributed by atoms with Crippen molar-refractivity contribution in [2.24, 2.45) is 0 Å². The van der Waals surface area contributed by atoms with Gasteiger partial charge in [-0.2, -0.15) is 0 Å². The molecule has 0 amide bonds. The number of rotatable bonds is 2. The van der Waals surface area contributed by atoms with E-state index in [1.54, 1.807) is 6.20 Å². The minimum atomic E-state index is 0.634. The van der Waals surface area contributed by atoms with Crippen molar-refractivity contribution in [3.63, 3.8) is 0 Å². The van der Waals surface area contributed by atoms with E-state index in [1.165, 1.54) is 31.4 Å². The molecule has 4 aromatic rings. The summed E-state index contributed by atoms with van der Waals surface area (Å²) in [7, 11) is 0. The lowest BCUT2D eigenvalue weighted by Gasteiger charge is -2.08. The number of imidazole rings is 1. The molecule has 0 spiro atoms. The highest BCUT2D eigenvalue weighted by Crippen LogP contribution is 2.35. The number of nitrogens with zero attached hydrogens (tertiary/aromatic N) is 4. The van der Waals surface area contributed by atoms with Crippen molar-refractivity contribution in [2.45, 2.75) is 31.6 Å². The number of pyridine rings is 1. The maximum absolute atomic E-state index is 4.86. The van der Waals surface area contributed by atoms with Crippen molar-refractivity contribution in [3.8, 4) is 11.1 Å². The van der Waals surface area contributed by atoms with E-state index < -0.39 is 0 Å². The SMILES string of the molecule is c1cn2cc(-c3c[nH]c4nc(C5CCCC5)ccc34)cnc2n1. The van der Waals surface area contributed by atoms with Crippen LogP contribution in [0.2, 0.25) is 0 Å². The van der Waals surface area contributed by atoms with E-state index in [1.807, 2.05) is 23.0 Å². The smallest absolute Gasteiger partial charge is 0.233 e. The first-order valence-corrected chi connectivity index (χ1v) is 8.15. The van der Waals surface area contributed by atoms with E-state index in [4.69, 9.17) is 4.98 Å². The maximum Gasteiger partial charge on any atom is 0.233 e. The second-order valence-electron chi connectivity index (χ2n) is 6.29. The molecule has 4 heterocycles. The number of hydrogen-bond acceptors (Lipinski definition) is 3. The molecule has 0 aromatic carbocycles. The van der Waals surface area contributed by atoms with Gasteiger partial charge in [0.1, 0.15) is 5.65 Å². The molecule has 5 nitrogen and oxygen atoms in total. The number of fused-ring (bicyclic) bond motifs is 2. The first-order valence-electron chi connectivity index (χ1n) is 8.15. The average molecular weight is 303 g/mol. The highest BCUT2D eigenvalue weighted by Gasteiger charge is 2.19. The maximum atomic E-state index is 4.86. The lowest BCUT2D eigenvalue weighted by Crippen LogP contribution is -1.96. The Balaban J connectivity index is 1.61. The van der Waals surface area contributed by atoms with Crippen molar-refractivity contribution in [1.29, 1.82) is 0 Å². The number of nitrogens with one attached hydrogen (secondary N) is 1. The standard InChI is InChI=1S/C18H17N5/c1-2-4-12(3-1)16-6-5-14-15(10-20-17(14)22-16)13-9-21-18-19-7-8-23(18)11-13/h5-12H,1-4H2,(H,20,22). The first kappa shape index (κ1) is 12.8. The van der Waals surface area contributed by atoms with Crippen molar-refractivity contribution >= 4 is 16.8 Å². The molecule has 1 aliphatic rings. The molecular weight excluding hydrogens is 286 g/mol. The second kappa shape index (κ2) is 4.91. The van der Waals surface area contributed by atoms with Gasteiger partial charge in [0.2, 0.25) is 5.78 Å². The number of aromatic nitrogens is 5. The molecule has 0 unspecified atom stereocenters. The van der Waals surface area contributed by atoms with Gasteiger partial charge < -0.3 is 4.98 Å².